The minimum atomic E-state index is -3.45. The van der Waals surface area contributed by atoms with Crippen LogP contribution < -0.4 is 10.6 Å². The first-order chi connectivity index (χ1) is 12.5. The fourth-order valence-electron chi connectivity index (χ4n) is 2.06. The first kappa shape index (κ1) is 19.5. The Morgan fingerprint density at radius 3 is 2.15 bits per heavy atom. The lowest BCUT2D eigenvalue weighted by Crippen LogP contribution is -2.38. The summed E-state index contributed by atoms with van der Waals surface area (Å²) in [6.07, 6.45) is -0.721. The number of ether oxygens (including phenoxy) is 1. The van der Waals surface area contributed by atoms with Gasteiger partial charge in [0.15, 0.2) is 9.84 Å². The van der Waals surface area contributed by atoms with E-state index in [1.807, 2.05) is 30.3 Å². The van der Waals surface area contributed by atoms with Gasteiger partial charge >= 0.3 is 6.09 Å². The molecule has 138 valence electrons. The second-order valence-corrected chi connectivity index (χ2v) is 7.51. The van der Waals surface area contributed by atoms with Crippen molar-refractivity contribution in [1.82, 2.24) is 10.6 Å². The Kier molecular flexibility index (Phi) is 7.16. The number of carbonyl (C=O) groups excluding carboxylic acids is 2. The summed E-state index contributed by atoms with van der Waals surface area (Å²) >= 11 is 0. The molecule has 0 atom stereocenters. The van der Waals surface area contributed by atoms with Crippen LogP contribution in [0.15, 0.2) is 65.6 Å². The van der Waals surface area contributed by atoms with Crippen LogP contribution in [-0.4, -0.2) is 39.3 Å². The van der Waals surface area contributed by atoms with Crippen LogP contribution in [0.2, 0.25) is 0 Å². The van der Waals surface area contributed by atoms with Crippen molar-refractivity contribution < 1.29 is 22.7 Å². The number of benzene rings is 2. The lowest BCUT2D eigenvalue weighted by Gasteiger charge is -2.08. The zero-order valence-corrected chi connectivity index (χ0v) is 14.9. The molecule has 0 radical (unpaired) electrons. The number of hydrogen-bond donors (Lipinski definition) is 2. The third kappa shape index (κ3) is 6.56. The van der Waals surface area contributed by atoms with E-state index in [-0.39, 0.29) is 30.3 Å². The summed E-state index contributed by atoms with van der Waals surface area (Å²) in [4.78, 5) is 23.4. The summed E-state index contributed by atoms with van der Waals surface area (Å²) in [5.74, 6) is -0.716. The predicted octanol–water partition coefficient (Wildman–Crippen LogP) is 1.50. The largest absolute Gasteiger partial charge is 0.445 e. The molecule has 2 aromatic carbocycles. The van der Waals surface area contributed by atoms with Crippen LogP contribution in [-0.2, 0) is 26.0 Å². The molecule has 2 rings (SSSR count). The van der Waals surface area contributed by atoms with Gasteiger partial charge in [-0.2, -0.15) is 0 Å². The maximum absolute atomic E-state index is 12.1. The summed E-state index contributed by atoms with van der Waals surface area (Å²) in [7, 11) is -3.45. The van der Waals surface area contributed by atoms with Crippen molar-refractivity contribution >= 4 is 21.8 Å². The van der Waals surface area contributed by atoms with Gasteiger partial charge in [0.1, 0.15) is 6.61 Å². The standard InChI is InChI=1S/C18H20N2O5S/c21-17(13-20-18(22)25-14-15-7-3-1-4-8-15)19-11-12-26(23,24)16-9-5-2-6-10-16/h1-10H,11-14H2,(H,19,21)(H,20,22). The van der Waals surface area contributed by atoms with Gasteiger partial charge in [0.05, 0.1) is 17.2 Å². The molecule has 0 saturated carbocycles. The molecule has 0 saturated heterocycles. The van der Waals surface area contributed by atoms with Crippen LogP contribution in [0, 0.1) is 0 Å². The summed E-state index contributed by atoms with van der Waals surface area (Å²) in [5.41, 5.74) is 0.832. The number of sulfone groups is 1. The van der Waals surface area contributed by atoms with E-state index >= 15 is 0 Å². The zero-order valence-electron chi connectivity index (χ0n) is 14.1. The van der Waals surface area contributed by atoms with E-state index in [2.05, 4.69) is 10.6 Å². The molecule has 0 aromatic heterocycles. The number of rotatable bonds is 8. The highest BCUT2D eigenvalue weighted by Crippen LogP contribution is 2.09. The molecule has 0 unspecified atom stereocenters. The van der Waals surface area contributed by atoms with Gasteiger partial charge in [-0.05, 0) is 17.7 Å². The Morgan fingerprint density at radius 2 is 1.50 bits per heavy atom. The topological polar surface area (TPSA) is 102 Å². The minimum Gasteiger partial charge on any atom is -0.445 e. The summed E-state index contributed by atoms with van der Waals surface area (Å²) < 4.78 is 29.1. The molecular formula is C18H20N2O5S. The van der Waals surface area contributed by atoms with Crippen molar-refractivity contribution in [3.8, 4) is 0 Å². The number of alkyl carbamates (subject to hydrolysis) is 1. The van der Waals surface area contributed by atoms with Crippen LogP contribution >= 0.6 is 0 Å². The van der Waals surface area contributed by atoms with Gasteiger partial charge in [-0.3, -0.25) is 4.79 Å². The Balaban J connectivity index is 1.65. The average Bonchev–Trinajstić information content (AvgIpc) is 2.66. The van der Waals surface area contributed by atoms with Crippen molar-refractivity contribution in [2.75, 3.05) is 18.8 Å². The third-order valence-electron chi connectivity index (χ3n) is 3.40. The van der Waals surface area contributed by atoms with Crippen LogP contribution in [0.25, 0.3) is 0 Å². The van der Waals surface area contributed by atoms with Gasteiger partial charge < -0.3 is 15.4 Å². The van der Waals surface area contributed by atoms with E-state index in [0.717, 1.165) is 5.56 Å². The molecule has 0 heterocycles. The summed E-state index contributed by atoms with van der Waals surface area (Å²) in [5, 5.41) is 4.76. The normalized spacial score (nSPS) is 10.8. The van der Waals surface area contributed by atoms with E-state index in [0.29, 0.717) is 0 Å². The fraction of sp³-hybridized carbons (Fsp3) is 0.222. The Labute approximate surface area is 152 Å². The van der Waals surface area contributed by atoms with Gasteiger partial charge in [-0.15, -0.1) is 0 Å². The monoisotopic (exact) mass is 376 g/mol. The zero-order chi connectivity index (χ0) is 18.8. The van der Waals surface area contributed by atoms with Gasteiger partial charge in [0, 0.05) is 6.54 Å². The van der Waals surface area contributed by atoms with Crippen molar-refractivity contribution in [3.05, 3.63) is 66.2 Å². The lowest BCUT2D eigenvalue weighted by molar-refractivity contribution is -0.120. The quantitative estimate of drug-likeness (QED) is 0.727. The van der Waals surface area contributed by atoms with Crippen LogP contribution in [0.4, 0.5) is 4.79 Å². The number of amides is 2. The van der Waals surface area contributed by atoms with Crippen molar-refractivity contribution in [1.29, 1.82) is 0 Å². The molecule has 26 heavy (non-hydrogen) atoms. The second kappa shape index (κ2) is 9.57. The molecule has 0 bridgehead atoms. The van der Waals surface area contributed by atoms with Gasteiger partial charge in [0.25, 0.3) is 0 Å². The van der Waals surface area contributed by atoms with E-state index in [4.69, 9.17) is 4.74 Å². The Hall–Kier alpha value is -2.87. The maximum Gasteiger partial charge on any atom is 0.407 e. The van der Waals surface area contributed by atoms with E-state index < -0.39 is 21.8 Å². The average molecular weight is 376 g/mol. The van der Waals surface area contributed by atoms with Crippen molar-refractivity contribution in [2.45, 2.75) is 11.5 Å². The fourth-order valence-corrected chi connectivity index (χ4v) is 3.24. The molecule has 2 aromatic rings. The predicted molar refractivity (Wildman–Crippen MR) is 96.1 cm³/mol. The summed E-state index contributed by atoms with van der Waals surface area (Å²) in [6, 6.07) is 17.1. The minimum absolute atomic E-state index is 0.0448. The SMILES string of the molecule is O=C(CNC(=O)OCc1ccccc1)NCCS(=O)(=O)c1ccccc1. The van der Waals surface area contributed by atoms with Crippen molar-refractivity contribution in [2.24, 2.45) is 0 Å². The highest BCUT2D eigenvalue weighted by Gasteiger charge is 2.14. The lowest BCUT2D eigenvalue weighted by atomic mass is 10.2. The molecule has 0 aliphatic rings. The maximum atomic E-state index is 12.1. The highest BCUT2D eigenvalue weighted by molar-refractivity contribution is 7.91. The molecule has 2 amide bonds. The van der Waals surface area contributed by atoms with Crippen molar-refractivity contribution in [3.63, 3.8) is 0 Å². The smallest absolute Gasteiger partial charge is 0.407 e. The number of hydrogen-bond acceptors (Lipinski definition) is 5. The van der Waals surface area contributed by atoms with E-state index in [9.17, 15) is 18.0 Å². The molecule has 0 aliphatic carbocycles. The number of nitrogens with one attached hydrogen (secondary N) is 2. The van der Waals surface area contributed by atoms with Gasteiger partial charge in [-0.1, -0.05) is 48.5 Å². The molecular weight excluding hydrogens is 356 g/mol. The molecule has 7 nitrogen and oxygen atoms in total. The van der Waals surface area contributed by atoms with Crippen LogP contribution in [0.3, 0.4) is 0 Å². The second-order valence-electron chi connectivity index (χ2n) is 5.40. The molecule has 0 spiro atoms. The van der Waals surface area contributed by atoms with Crippen LogP contribution in [0.1, 0.15) is 5.56 Å². The molecule has 0 fully saturated rings. The molecule has 0 aliphatic heterocycles. The summed E-state index contributed by atoms with van der Waals surface area (Å²) in [6.45, 7) is -0.237. The van der Waals surface area contributed by atoms with Gasteiger partial charge in [-0.25, -0.2) is 13.2 Å². The highest BCUT2D eigenvalue weighted by atomic mass is 32.2. The Morgan fingerprint density at radius 1 is 0.885 bits per heavy atom. The van der Waals surface area contributed by atoms with E-state index in [1.54, 1.807) is 18.2 Å². The molecule has 8 heteroatoms. The molecule has 2 N–H and O–H groups in total. The Bertz CT molecular complexity index is 823. The number of carbonyl (C=O) groups is 2. The van der Waals surface area contributed by atoms with Crippen LogP contribution in [0.5, 0.6) is 0 Å². The first-order valence-electron chi connectivity index (χ1n) is 7.96. The third-order valence-corrected chi connectivity index (χ3v) is 5.13. The first-order valence-corrected chi connectivity index (χ1v) is 9.62. The van der Waals surface area contributed by atoms with Gasteiger partial charge in [0.2, 0.25) is 5.91 Å². The van der Waals surface area contributed by atoms with E-state index in [1.165, 1.54) is 12.1 Å².